The minimum atomic E-state index is -0.543. The predicted molar refractivity (Wildman–Crippen MR) is 57.8 cm³/mol. The lowest BCUT2D eigenvalue weighted by Crippen LogP contribution is -2.24. The average Bonchev–Trinajstić information content (AvgIpc) is 2.93. The second-order valence-electron chi connectivity index (χ2n) is 4.73. The third kappa shape index (κ3) is 1.74. The van der Waals surface area contributed by atoms with Gasteiger partial charge >= 0.3 is 0 Å². The van der Waals surface area contributed by atoms with Gasteiger partial charge in [-0.05, 0) is 49.8 Å². The number of aliphatic hydroxyl groups is 1. The van der Waals surface area contributed by atoms with Gasteiger partial charge in [0.2, 0.25) is 0 Å². The summed E-state index contributed by atoms with van der Waals surface area (Å²) in [5.74, 6) is 0.914. The standard InChI is InChI=1S/C13H16O2/c14-13(7-8-13)10-3-1-6-12(9-10)15-11-4-2-5-11/h1,3,6,9,11,14H,2,4-5,7-8H2. The van der Waals surface area contributed by atoms with Crippen molar-refractivity contribution in [1.29, 1.82) is 0 Å². The van der Waals surface area contributed by atoms with Crippen LogP contribution in [-0.2, 0) is 5.60 Å². The maximum absolute atomic E-state index is 9.97. The fourth-order valence-corrected chi connectivity index (χ4v) is 1.95. The van der Waals surface area contributed by atoms with Crippen LogP contribution < -0.4 is 4.74 Å². The summed E-state index contributed by atoms with van der Waals surface area (Å²) < 4.78 is 5.80. The number of ether oxygens (including phenoxy) is 1. The summed E-state index contributed by atoms with van der Waals surface area (Å²) in [6, 6.07) is 7.93. The largest absolute Gasteiger partial charge is 0.490 e. The molecule has 0 heterocycles. The molecule has 0 spiro atoms. The van der Waals surface area contributed by atoms with Crippen molar-refractivity contribution in [2.24, 2.45) is 0 Å². The monoisotopic (exact) mass is 204 g/mol. The molecule has 80 valence electrons. The molecule has 0 unspecified atom stereocenters. The van der Waals surface area contributed by atoms with Crippen LogP contribution in [0.1, 0.15) is 37.7 Å². The summed E-state index contributed by atoms with van der Waals surface area (Å²) in [7, 11) is 0. The molecule has 1 N–H and O–H groups in total. The molecule has 0 atom stereocenters. The summed E-state index contributed by atoms with van der Waals surface area (Å²) in [5, 5.41) is 9.97. The molecule has 2 fully saturated rings. The summed E-state index contributed by atoms with van der Waals surface area (Å²) >= 11 is 0. The van der Waals surface area contributed by atoms with Gasteiger partial charge < -0.3 is 9.84 Å². The molecule has 2 heteroatoms. The van der Waals surface area contributed by atoms with E-state index in [2.05, 4.69) is 0 Å². The van der Waals surface area contributed by atoms with Gasteiger partial charge in [0.25, 0.3) is 0 Å². The quantitative estimate of drug-likeness (QED) is 0.820. The van der Waals surface area contributed by atoms with Crippen LogP contribution in [-0.4, -0.2) is 11.2 Å². The Morgan fingerprint density at radius 1 is 1.27 bits per heavy atom. The molecule has 2 nitrogen and oxygen atoms in total. The maximum Gasteiger partial charge on any atom is 0.120 e. The van der Waals surface area contributed by atoms with Crippen LogP contribution in [0.15, 0.2) is 24.3 Å². The number of hydrogen-bond acceptors (Lipinski definition) is 2. The maximum atomic E-state index is 9.97. The van der Waals surface area contributed by atoms with E-state index in [0.29, 0.717) is 6.10 Å². The highest BCUT2D eigenvalue weighted by Gasteiger charge is 2.42. The van der Waals surface area contributed by atoms with E-state index in [1.165, 1.54) is 19.3 Å². The van der Waals surface area contributed by atoms with Gasteiger partial charge in [0.1, 0.15) is 5.75 Å². The first-order chi connectivity index (χ1) is 7.26. The Labute approximate surface area is 89.9 Å². The van der Waals surface area contributed by atoms with E-state index in [4.69, 9.17) is 4.74 Å². The van der Waals surface area contributed by atoms with Gasteiger partial charge in [0, 0.05) is 0 Å². The van der Waals surface area contributed by atoms with Crippen LogP contribution in [0.5, 0.6) is 5.75 Å². The van der Waals surface area contributed by atoms with Crippen molar-refractivity contribution in [3.63, 3.8) is 0 Å². The Morgan fingerprint density at radius 2 is 2.07 bits per heavy atom. The molecule has 1 aromatic carbocycles. The van der Waals surface area contributed by atoms with Crippen molar-refractivity contribution in [2.75, 3.05) is 0 Å². The van der Waals surface area contributed by atoms with E-state index < -0.39 is 5.60 Å². The molecule has 2 saturated carbocycles. The van der Waals surface area contributed by atoms with Crippen molar-refractivity contribution < 1.29 is 9.84 Å². The molecule has 2 aliphatic carbocycles. The first-order valence-electron chi connectivity index (χ1n) is 5.76. The predicted octanol–water partition coefficient (Wildman–Crippen LogP) is 2.60. The fraction of sp³-hybridized carbons (Fsp3) is 0.538. The minimum absolute atomic E-state index is 0.411. The molecule has 0 aromatic heterocycles. The van der Waals surface area contributed by atoms with E-state index >= 15 is 0 Å². The van der Waals surface area contributed by atoms with Crippen molar-refractivity contribution in [3.8, 4) is 5.75 Å². The molecular formula is C13H16O2. The number of hydrogen-bond donors (Lipinski definition) is 1. The molecule has 2 aliphatic rings. The number of rotatable bonds is 3. The van der Waals surface area contributed by atoms with Crippen molar-refractivity contribution >= 4 is 0 Å². The molecule has 0 aliphatic heterocycles. The lowest BCUT2D eigenvalue weighted by Gasteiger charge is -2.26. The highest BCUT2D eigenvalue weighted by atomic mass is 16.5. The van der Waals surface area contributed by atoms with Gasteiger partial charge in [-0.2, -0.15) is 0 Å². The normalized spacial score (nSPS) is 23.3. The van der Waals surface area contributed by atoms with Gasteiger partial charge in [0.05, 0.1) is 11.7 Å². The zero-order valence-corrected chi connectivity index (χ0v) is 8.78. The highest BCUT2D eigenvalue weighted by Crippen LogP contribution is 2.46. The van der Waals surface area contributed by atoms with Crippen LogP contribution in [0.3, 0.4) is 0 Å². The van der Waals surface area contributed by atoms with Gasteiger partial charge in [-0.15, -0.1) is 0 Å². The molecule has 15 heavy (non-hydrogen) atoms. The fourth-order valence-electron chi connectivity index (χ4n) is 1.95. The smallest absolute Gasteiger partial charge is 0.120 e. The van der Waals surface area contributed by atoms with Gasteiger partial charge in [-0.25, -0.2) is 0 Å². The lowest BCUT2D eigenvalue weighted by molar-refractivity contribution is 0.118. The Balaban J connectivity index is 1.77. The Bertz CT molecular complexity index is 365. The minimum Gasteiger partial charge on any atom is -0.490 e. The highest BCUT2D eigenvalue weighted by molar-refractivity contribution is 5.35. The van der Waals surface area contributed by atoms with Crippen molar-refractivity contribution in [1.82, 2.24) is 0 Å². The Morgan fingerprint density at radius 3 is 2.67 bits per heavy atom. The first kappa shape index (κ1) is 9.22. The molecule has 1 aromatic rings. The molecular weight excluding hydrogens is 188 g/mol. The van der Waals surface area contributed by atoms with Crippen LogP contribution in [0, 0.1) is 0 Å². The lowest BCUT2D eigenvalue weighted by atomic mass is 9.96. The average molecular weight is 204 g/mol. The molecule has 0 radical (unpaired) electrons. The topological polar surface area (TPSA) is 29.5 Å². The summed E-state index contributed by atoms with van der Waals surface area (Å²) in [6.07, 6.45) is 5.82. The van der Waals surface area contributed by atoms with Crippen molar-refractivity contribution in [2.45, 2.75) is 43.8 Å². The third-order valence-corrected chi connectivity index (χ3v) is 3.45. The van der Waals surface area contributed by atoms with Crippen LogP contribution >= 0.6 is 0 Å². The second kappa shape index (κ2) is 3.24. The zero-order valence-electron chi connectivity index (χ0n) is 8.78. The van der Waals surface area contributed by atoms with Gasteiger partial charge in [0.15, 0.2) is 0 Å². The molecule has 0 saturated heterocycles. The van der Waals surface area contributed by atoms with E-state index in [1.807, 2.05) is 24.3 Å². The Hall–Kier alpha value is -1.02. The molecule has 3 rings (SSSR count). The Kier molecular flexibility index (Phi) is 1.99. The first-order valence-corrected chi connectivity index (χ1v) is 5.76. The summed E-state index contributed by atoms with van der Waals surface area (Å²) in [4.78, 5) is 0. The summed E-state index contributed by atoms with van der Waals surface area (Å²) in [6.45, 7) is 0. The van der Waals surface area contributed by atoms with E-state index in [-0.39, 0.29) is 0 Å². The summed E-state index contributed by atoms with van der Waals surface area (Å²) in [5.41, 5.74) is 0.471. The molecule has 0 amide bonds. The number of benzene rings is 1. The van der Waals surface area contributed by atoms with Crippen LogP contribution in [0.25, 0.3) is 0 Å². The molecule has 0 bridgehead atoms. The van der Waals surface area contributed by atoms with Crippen LogP contribution in [0.4, 0.5) is 0 Å². The second-order valence-corrected chi connectivity index (χ2v) is 4.73. The SMILES string of the molecule is OC1(c2cccc(OC3CCC3)c2)CC1. The van der Waals surface area contributed by atoms with E-state index in [0.717, 1.165) is 24.2 Å². The van der Waals surface area contributed by atoms with E-state index in [9.17, 15) is 5.11 Å². The van der Waals surface area contributed by atoms with Gasteiger partial charge in [-0.3, -0.25) is 0 Å². The third-order valence-electron chi connectivity index (χ3n) is 3.45. The van der Waals surface area contributed by atoms with Crippen LogP contribution in [0.2, 0.25) is 0 Å². The van der Waals surface area contributed by atoms with Gasteiger partial charge in [-0.1, -0.05) is 12.1 Å². The van der Waals surface area contributed by atoms with E-state index in [1.54, 1.807) is 0 Å². The van der Waals surface area contributed by atoms with Crippen molar-refractivity contribution in [3.05, 3.63) is 29.8 Å². The zero-order chi connectivity index (χ0) is 10.3.